The first-order valence-electron chi connectivity index (χ1n) is 5.63. The van der Waals surface area contributed by atoms with Crippen molar-refractivity contribution < 1.29 is 8.42 Å². The van der Waals surface area contributed by atoms with Crippen molar-refractivity contribution in [1.82, 2.24) is 4.98 Å². The smallest absolute Gasteiger partial charge is 0.206 e. The number of nitrogens with two attached hydrogens (primary N) is 1. The summed E-state index contributed by atoms with van der Waals surface area (Å²) in [5, 5.41) is 0.913. The van der Waals surface area contributed by atoms with E-state index in [4.69, 9.17) is 17.3 Å². The minimum Gasteiger partial charge on any atom is -0.375 e. The summed E-state index contributed by atoms with van der Waals surface area (Å²) in [4.78, 5) is 4.53. The fraction of sp³-hybridized carbons (Fsp3) is 0. The average molecular weight is 325 g/mol. The largest absolute Gasteiger partial charge is 0.375 e. The van der Waals surface area contributed by atoms with Gasteiger partial charge in [0.15, 0.2) is 5.13 Å². The van der Waals surface area contributed by atoms with E-state index in [-0.39, 0.29) is 9.79 Å². The second-order valence-electron chi connectivity index (χ2n) is 4.14. The van der Waals surface area contributed by atoms with Crippen LogP contribution >= 0.6 is 22.9 Å². The third-order valence-corrected chi connectivity index (χ3v) is 5.68. The molecule has 0 saturated carbocycles. The van der Waals surface area contributed by atoms with Gasteiger partial charge in [0.1, 0.15) is 0 Å². The van der Waals surface area contributed by atoms with Crippen LogP contribution in [0, 0.1) is 0 Å². The number of benzene rings is 2. The predicted molar refractivity (Wildman–Crippen MR) is 80.9 cm³/mol. The highest BCUT2D eigenvalue weighted by Crippen LogP contribution is 2.29. The van der Waals surface area contributed by atoms with Gasteiger partial charge in [0.25, 0.3) is 0 Å². The lowest BCUT2D eigenvalue weighted by molar-refractivity contribution is 0.596. The Hall–Kier alpha value is -1.63. The van der Waals surface area contributed by atoms with E-state index in [1.807, 2.05) is 0 Å². The summed E-state index contributed by atoms with van der Waals surface area (Å²) >= 11 is 7.03. The number of thiazole rings is 1. The molecular formula is C13H9ClN2O2S2. The summed E-state index contributed by atoms with van der Waals surface area (Å²) in [6, 6.07) is 10.9. The first kappa shape index (κ1) is 13.4. The normalized spacial score (nSPS) is 11.8. The zero-order chi connectivity index (χ0) is 14.3. The standard InChI is InChI=1S/C13H9ClN2O2S2/c14-8-1-3-9(4-2-8)20(17,18)10-5-6-11-12(7-10)19-13(15)16-11/h1-7H,(H2,15,16). The van der Waals surface area contributed by atoms with Gasteiger partial charge in [-0.15, -0.1) is 0 Å². The molecule has 1 aromatic heterocycles. The van der Waals surface area contributed by atoms with Gasteiger partial charge in [-0.05, 0) is 42.5 Å². The molecule has 0 radical (unpaired) electrons. The van der Waals surface area contributed by atoms with Crippen LogP contribution in [0.25, 0.3) is 10.2 Å². The van der Waals surface area contributed by atoms with Crippen molar-refractivity contribution in [2.75, 3.05) is 5.73 Å². The Morgan fingerprint density at radius 1 is 1.05 bits per heavy atom. The van der Waals surface area contributed by atoms with E-state index in [9.17, 15) is 8.42 Å². The summed E-state index contributed by atoms with van der Waals surface area (Å²) in [6.45, 7) is 0. The van der Waals surface area contributed by atoms with E-state index in [1.54, 1.807) is 24.3 Å². The molecule has 0 spiro atoms. The first-order chi connectivity index (χ1) is 9.46. The Labute approximate surface area is 124 Å². The number of anilines is 1. The highest BCUT2D eigenvalue weighted by molar-refractivity contribution is 7.91. The highest BCUT2D eigenvalue weighted by atomic mass is 35.5. The summed E-state index contributed by atoms with van der Waals surface area (Å²) in [7, 11) is -3.56. The van der Waals surface area contributed by atoms with Crippen LogP contribution in [0.2, 0.25) is 5.02 Å². The maximum absolute atomic E-state index is 12.5. The third-order valence-electron chi connectivity index (χ3n) is 2.81. The molecule has 4 nitrogen and oxygen atoms in total. The van der Waals surface area contributed by atoms with Gasteiger partial charge in [-0.3, -0.25) is 0 Å². The Balaban J connectivity index is 2.15. The topological polar surface area (TPSA) is 73.0 Å². The second-order valence-corrected chi connectivity index (χ2v) is 7.59. The highest BCUT2D eigenvalue weighted by Gasteiger charge is 2.18. The Kier molecular flexibility index (Phi) is 3.16. The third kappa shape index (κ3) is 2.26. The average Bonchev–Trinajstić information content (AvgIpc) is 2.78. The summed E-state index contributed by atoms with van der Waals surface area (Å²) < 4.78 is 25.8. The van der Waals surface area contributed by atoms with E-state index in [2.05, 4.69) is 4.98 Å². The first-order valence-corrected chi connectivity index (χ1v) is 8.31. The van der Waals surface area contributed by atoms with Crippen molar-refractivity contribution in [1.29, 1.82) is 0 Å². The van der Waals surface area contributed by atoms with Crippen LogP contribution in [-0.2, 0) is 9.84 Å². The van der Waals surface area contributed by atoms with Crippen molar-refractivity contribution in [3.8, 4) is 0 Å². The molecule has 0 aliphatic heterocycles. The number of hydrogen-bond donors (Lipinski definition) is 1. The molecule has 20 heavy (non-hydrogen) atoms. The van der Waals surface area contributed by atoms with Crippen molar-refractivity contribution in [3.05, 3.63) is 47.5 Å². The van der Waals surface area contributed by atoms with Crippen molar-refractivity contribution in [3.63, 3.8) is 0 Å². The van der Waals surface area contributed by atoms with Crippen LogP contribution in [0.1, 0.15) is 0 Å². The van der Waals surface area contributed by atoms with Crippen molar-refractivity contribution in [2.24, 2.45) is 0 Å². The van der Waals surface area contributed by atoms with Crippen molar-refractivity contribution >= 4 is 48.1 Å². The SMILES string of the molecule is Nc1nc2ccc(S(=O)(=O)c3ccc(Cl)cc3)cc2s1. The van der Waals surface area contributed by atoms with Gasteiger partial charge in [-0.1, -0.05) is 22.9 Å². The Morgan fingerprint density at radius 3 is 2.40 bits per heavy atom. The number of nitrogens with zero attached hydrogens (tertiary/aromatic N) is 1. The molecule has 102 valence electrons. The van der Waals surface area contributed by atoms with Gasteiger partial charge < -0.3 is 5.73 Å². The number of rotatable bonds is 2. The molecule has 0 bridgehead atoms. The lowest BCUT2D eigenvalue weighted by atomic mass is 10.3. The summed E-state index contributed by atoms with van der Waals surface area (Å²) in [5.41, 5.74) is 6.32. The molecule has 0 atom stereocenters. The number of halogens is 1. The van der Waals surface area contributed by atoms with Gasteiger partial charge in [-0.25, -0.2) is 13.4 Å². The number of aromatic nitrogens is 1. The molecule has 1 heterocycles. The molecule has 7 heteroatoms. The molecule has 2 N–H and O–H groups in total. The Morgan fingerprint density at radius 2 is 1.70 bits per heavy atom. The van der Waals surface area contributed by atoms with Gasteiger partial charge >= 0.3 is 0 Å². The fourth-order valence-corrected chi connectivity index (χ4v) is 4.10. The fourth-order valence-electron chi connectivity index (χ4n) is 1.84. The molecule has 0 amide bonds. The van der Waals surface area contributed by atoms with E-state index >= 15 is 0 Å². The lowest BCUT2D eigenvalue weighted by Gasteiger charge is -2.04. The van der Waals surface area contributed by atoms with Gasteiger partial charge in [0.2, 0.25) is 9.84 Å². The molecule has 3 aromatic rings. The molecular weight excluding hydrogens is 316 g/mol. The van der Waals surface area contributed by atoms with Gasteiger partial charge in [-0.2, -0.15) is 0 Å². The summed E-state index contributed by atoms with van der Waals surface area (Å²) in [6.07, 6.45) is 0. The molecule has 0 unspecified atom stereocenters. The second kappa shape index (κ2) is 4.73. The predicted octanol–water partition coefficient (Wildman–Crippen LogP) is 3.36. The van der Waals surface area contributed by atoms with Crippen LogP contribution in [-0.4, -0.2) is 13.4 Å². The molecule has 2 aromatic carbocycles. The van der Waals surface area contributed by atoms with Crippen LogP contribution in [0.4, 0.5) is 5.13 Å². The number of hydrogen-bond acceptors (Lipinski definition) is 5. The van der Waals surface area contributed by atoms with E-state index in [0.29, 0.717) is 15.7 Å². The number of nitrogen functional groups attached to an aromatic ring is 1. The monoisotopic (exact) mass is 324 g/mol. The van der Waals surface area contributed by atoms with Gasteiger partial charge in [0, 0.05) is 5.02 Å². The minimum atomic E-state index is -3.56. The maximum atomic E-state index is 12.5. The lowest BCUT2D eigenvalue weighted by Crippen LogP contribution is -2.01. The summed E-state index contributed by atoms with van der Waals surface area (Å²) in [5.74, 6) is 0. The molecule has 0 aliphatic carbocycles. The zero-order valence-electron chi connectivity index (χ0n) is 10.1. The van der Waals surface area contributed by atoms with E-state index in [0.717, 1.165) is 4.70 Å². The quantitative estimate of drug-likeness (QED) is 0.784. The minimum absolute atomic E-state index is 0.207. The van der Waals surface area contributed by atoms with E-state index in [1.165, 1.54) is 29.5 Å². The van der Waals surface area contributed by atoms with Gasteiger partial charge in [0.05, 0.1) is 20.0 Å². The van der Waals surface area contributed by atoms with Crippen LogP contribution in [0.5, 0.6) is 0 Å². The van der Waals surface area contributed by atoms with Crippen LogP contribution in [0.3, 0.4) is 0 Å². The Bertz CT molecular complexity index is 886. The van der Waals surface area contributed by atoms with Crippen LogP contribution < -0.4 is 5.73 Å². The van der Waals surface area contributed by atoms with E-state index < -0.39 is 9.84 Å². The number of fused-ring (bicyclic) bond motifs is 1. The molecule has 3 rings (SSSR count). The zero-order valence-corrected chi connectivity index (χ0v) is 12.5. The molecule has 0 aliphatic rings. The van der Waals surface area contributed by atoms with Crippen molar-refractivity contribution in [2.45, 2.75) is 9.79 Å². The maximum Gasteiger partial charge on any atom is 0.206 e. The number of sulfone groups is 1. The van der Waals surface area contributed by atoms with Crippen LogP contribution in [0.15, 0.2) is 52.3 Å². The molecule has 0 saturated heterocycles. The molecule has 0 fully saturated rings.